The molecule has 0 atom stereocenters. The molecule has 1 N–H and O–H groups in total. The van der Waals surface area contributed by atoms with E-state index in [0.29, 0.717) is 5.06 Å². The largest absolute Gasteiger partial charge is 0.352 e. The van der Waals surface area contributed by atoms with Gasteiger partial charge in [-0.1, -0.05) is 13.8 Å². The highest BCUT2D eigenvalue weighted by atomic mass is 16.7. The number of carbonyl (C=O) groups is 4. The number of hydrogen-bond donors (Lipinski definition) is 1. The van der Waals surface area contributed by atoms with Gasteiger partial charge in [-0.2, -0.15) is 0 Å². The van der Waals surface area contributed by atoms with E-state index in [2.05, 4.69) is 10.2 Å². The van der Waals surface area contributed by atoms with E-state index in [0.717, 1.165) is 0 Å². The molecule has 0 radical (unpaired) electrons. The fourth-order valence-electron chi connectivity index (χ4n) is 1.16. The molecule has 1 rings (SSSR count). The van der Waals surface area contributed by atoms with Gasteiger partial charge in [-0.05, 0) is 0 Å². The summed E-state index contributed by atoms with van der Waals surface area (Å²) in [5.74, 6) is -2.49. The Morgan fingerprint density at radius 2 is 1.82 bits per heavy atom. The Morgan fingerprint density at radius 1 is 1.29 bits per heavy atom. The minimum Gasteiger partial charge on any atom is -0.345 e. The van der Waals surface area contributed by atoms with Gasteiger partial charge in [0.2, 0.25) is 5.91 Å². The summed E-state index contributed by atoms with van der Waals surface area (Å²) in [5, 5.41) is 2.77. The fourth-order valence-corrected chi connectivity index (χ4v) is 1.16. The van der Waals surface area contributed by atoms with Crippen LogP contribution in [0.15, 0.2) is 0 Å². The Balaban J connectivity index is 2.37. The van der Waals surface area contributed by atoms with Crippen molar-refractivity contribution in [3.63, 3.8) is 0 Å². The molecule has 1 aliphatic rings. The summed E-state index contributed by atoms with van der Waals surface area (Å²) in [6.45, 7) is 2.98. The molecule has 0 spiro atoms. The Bertz CT molecular complexity index is 348. The zero-order valence-corrected chi connectivity index (χ0v) is 9.69. The normalized spacial score (nSPS) is 15.4. The second-order valence-electron chi connectivity index (χ2n) is 3.92. The third-order valence-corrected chi connectivity index (χ3v) is 2.13. The number of hydroxylamine groups is 2. The lowest BCUT2D eigenvalue weighted by atomic mass is 10.2. The van der Waals surface area contributed by atoms with Crippen LogP contribution in [-0.4, -0.2) is 35.3 Å². The minimum atomic E-state index is -0.845. The van der Waals surface area contributed by atoms with Crippen molar-refractivity contribution in [2.45, 2.75) is 26.7 Å². The van der Waals surface area contributed by atoms with Gasteiger partial charge in [0.15, 0.2) is 0 Å². The average molecular weight is 242 g/mol. The smallest absolute Gasteiger partial charge is 0.345 e. The molecule has 7 nitrogen and oxygen atoms in total. The summed E-state index contributed by atoms with van der Waals surface area (Å²) in [6, 6.07) is 0. The molecule has 0 unspecified atom stereocenters. The molecule has 7 heteroatoms. The van der Waals surface area contributed by atoms with Crippen molar-refractivity contribution >= 4 is 23.7 Å². The van der Waals surface area contributed by atoms with E-state index in [9.17, 15) is 19.2 Å². The van der Waals surface area contributed by atoms with Gasteiger partial charge in [0, 0.05) is 18.8 Å². The molecule has 1 aliphatic heterocycles. The van der Waals surface area contributed by atoms with Gasteiger partial charge in [0.25, 0.3) is 11.8 Å². The molecular formula is C10H14N2O5. The Kier molecular flexibility index (Phi) is 4.19. The highest BCUT2D eigenvalue weighted by Crippen LogP contribution is 2.11. The number of hydrogen-bond acceptors (Lipinski definition) is 5. The summed E-state index contributed by atoms with van der Waals surface area (Å²) in [7, 11) is 0. The van der Waals surface area contributed by atoms with Gasteiger partial charge in [0.1, 0.15) is 6.54 Å². The standard InChI is InChI=1S/C10H14N2O5/c1-6(2)10(16)11-5-9(15)17-12-7(13)3-4-8(12)14/h6H,3-5H2,1-2H3,(H,11,16). The lowest BCUT2D eigenvalue weighted by molar-refractivity contribution is -0.196. The number of carbonyl (C=O) groups excluding carboxylic acids is 4. The summed E-state index contributed by atoms with van der Waals surface area (Å²) < 4.78 is 0. The van der Waals surface area contributed by atoms with E-state index in [-0.39, 0.29) is 31.2 Å². The second kappa shape index (κ2) is 5.42. The number of amides is 3. The molecule has 0 aromatic heterocycles. The van der Waals surface area contributed by atoms with Crippen LogP contribution in [-0.2, 0) is 24.0 Å². The minimum absolute atomic E-state index is 0.0461. The molecule has 3 amide bonds. The molecule has 0 aromatic carbocycles. The molecule has 0 bridgehead atoms. The number of nitrogens with one attached hydrogen (secondary N) is 1. The first kappa shape index (κ1) is 13.1. The predicted molar refractivity (Wildman–Crippen MR) is 55.0 cm³/mol. The number of rotatable bonds is 4. The van der Waals surface area contributed by atoms with Gasteiger partial charge >= 0.3 is 5.97 Å². The average Bonchev–Trinajstić information content (AvgIpc) is 2.57. The molecule has 0 saturated carbocycles. The topological polar surface area (TPSA) is 92.8 Å². The summed E-state index contributed by atoms with van der Waals surface area (Å²) >= 11 is 0. The van der Waals surface area contributed by atoms with Crippen molar-refractivity contribution in [3.05, 3.63) is 0 Å². The maximum Gasteiger partial charge on any atom is 0.352 e. The fraction of sp³-hybridized carbons (Fsp3) is 0.600. The molecule has 17 heavy (non-hydrogen) atoms. The molecule has 0 aromatic rings. The predicted octanol–water partition coefficient (Wildman–Crippen LogP) is -0.634. The van der Waals surface area contributed by atoms with Gasteiger partial charge in [-0.15, -0.1) is 5.06 Å². The van der Waals surface area contributed by atoms with Crippen LogP contribution in [0.5, 0.6) is 0 Å². The first-order chi connectivity index (χ1) is 7.91. The van der Waals surface area contributed by atoms with Crippen molar-refractivity contribution in [1.82, 2.24) is 10.4 Å². The zero-order chi connectivity index (χ0) is 13.0. The van der Waals surface area contributed by atoms with Crippen LogP contribution in [0.3, 0.4) is 0 Å². The van der Waals surface area contributed by atoms with Crippen molar-refractivity contribution in [1.29, 1.82) is 0 Å². The van der Waals surface area contributed by atoms with Gasteiger partial charge in [-0.25, -0.2) is 4.79 Å². The van der Waals surface area contributed by atoms with E-state index in [4.69, 9.17) is 0 Å². The van der Waals surface area contributed by atoms with Crippen LogP contribution >= 0.6 is 0 Å². The summed E-state index contributed by atoms with van der Waals surface area (Å²) in [6.07, 6.45) is 0.0922. The van der Waals surface area contributed by atoms with E-state index < -0.39 is 17.8 Å². The number of nitrogens with zero attached hydrogens (tertiary/aromatic N) is 1. The molecule has 94 valence electrons. The van der Waals surface area contributed by atoms with Crippen LogP contribution in [0.2, 0.25) is 0 Å². The Hall–Kier alpha value is -1.92. The lowest BCUT2D eigenvalue weighted by Crippen LogP contribution is -2.38. The lowest BCUT2D eigenvalue weighted by Gasteiger charge is -2.13. The van der Waals surface area contributed by atoms with E-state index >= 15 is 0 Å². The third-order valence-electron chi connectivity index (χ3n) is 2.13. The first-order valence-corrected chi connectivity index (χ1v) is 5.26. The molecular weight excluding hydrogens is 228 g/mol. The highest BCUT2D eigenvalue weighted by molar-refractivity contribution is 6.01. The van der Waals surface area contributed by atoms with Crippen LogP contribution in [0.1, 0.15) is 26.7 Å². The Morgan fingerprint density at radius 3 is 2.29 bits per heavy atom. The SMILES string of the molecule is CC(C)C(=O)NCC(=O)ON1C(=O)CCC1=O. The second-order valence-corrected chi connectivity index (χ2v) is 3.92. The third kappa shape index (κ3) is 3.54. The van der Waals surface area contributed by atoms with Crippen molar-refractivity contribution in [3.8, 4) is 0 Å². The summed E-state index contributed by atoms with van der Waals surface area (Å²) in [5.41, 5.74) is 0. The monoisotopic (exact) mass is 242 g/mol. The molecule has 1 heterocycles. The summed E-state index contributed by atoms with van der Waals surface area (Å²) in [4.78, 5) is 49.1. The number of imide groups is 1. The Labute approximate surface area is 98.0 Å². The highest BCUT2D eigenvalue weighted by Gasteiger charge is 2.32. The van der Waals surface area contributed by atoms with Crippen LogP contribution in [0, 0.1) is 5.92 Å². The molecule has 1 saturated heterocycles. The van der Waals surface area contributed by atoms with Gasteiger partial charge in [0.05, 0.1) is 0 Å². The van der Waals surface area contributed by atoms with Crippen LogP contribution < -0.4 is 5.32 Å². The maximum atomic E-state index is 11.2. The first-order valence-electron chi connectivity index (χ1n) is 5.26. The maximum absolute atomic E-state index is 11.2. The van der Waals surface area contributed by atoms with Crippen LogP contribution in [0.25, 0.3) is 0 Å². The van der Waals surface area contributed by atoms with Crippen molar-refractivity contribution in [2.75, 3.05) is 6.54 Å². The quantitative estimate of drug-likeness (QED) is 0.662. The van der Waals surface area contributed by atoms with E-state index in [1.54, 1.807) is 13.8 Å². The van der Waals surface area contributed by atoms with Gasteiger partial charge in [-0.3, -0.25) is 14.4 Å². The van der Waals surface area contributed by atoms with E-state index in [1.807, 2.05) is 0 Å². The molecule has 1 fully saturated rings. The van der Waals surface area contributed by atoms with Crippen molar-refractivity contribution < 1.29 is 24.0 Å². The van der Waals surface area contributed by atoms with E-state index in [1.165, 1.54) is 0 Å². The molecule has 0 aliphatic carbocycles. The van der Waals surface area contributed by atoms with Crippen LogP contribution in [0.4, 0.5) is 0 Å². The van der Waals surface area contributed by atoms with Gasteiger partial charge < -0.3 is 10.2 Å². The zero-order valence-electron chi connectivity index (χ0n) is 9.69. The van der Waals surface area contributed by atoms with Crippen molar-refractivity contribution in [2.24, 2.45) is 5.92 Å².